The van der Waals surface area contributed by atoms with Crippen molar-refractivity contribution in [2.24, 2.45) is 11.8 Å². The van der Waals surface area contributed by atoms with Crippen LogP contribution in [-0.2, 0) is 9.63 Å². The molecule has 1 aliphatic carbocycles. The van der Waals surface area contributed by atoms with Crippen LogP contribution in [0.3, 0.4) is 0 Å². The van der Waals surface area contributed by atoms with Crippen molar-refractivity contribution < 1.29 is 14.7 Å². The van der Waals surface area contributed by atoms with Crippen LogP contribution < -0.4 is 5.48 Å². The Kier molecular flexibility index (Phi) is 8.54. The summed E-state index contributed by atoms with van der Waals surface area (Å²) in [4.78, 5) is 16.2. The molecule has 1 saturated heterocycles. The minimum Gasteiger partial charge on any atom is -0.481 e. The first kappa shape index (κ1) is 19.2. The van der Waals surface area contributed by atoms with Crippen molar-refractivity contribution in [1.29, 1.82) is 0 Å². The number of hydrogen-bond donors (Lipinski definition) is 2. The van der Waals surface area contributed by atoms with E-state index in [-0.39, 0.29) is 6.42 Å². The largest absolute Gasteiger partial charge is 0.481 e. The van der Waals surface area contributed by atoms with E-state index in [0.29, 0.717) is 24.0 Å². The van der Waals surface area contributed by atoms with Gasteiger partial charge in [0.05, 0.1) is 6.10 Å². The normalized spacial score (nSPS) is 29.2. The van der Waals surface area contributed by atoms with Gasteiger partial charge in [-0.15, -0.1) is 0 Å². The molecule has 4 atom stereocenters. The highest BCUT2D eigenvalue weighted by Crippen LogP contribution is 2.41. The van der Waals surface area contributed by atoms with Crippen molar-refractivity contribution >= 4 is 5.97 Å². The van der Waals surface area contributed by atoms with Gasteiger partial charge < -0.3 is 5.11 Å². The summed E-state index contributed by atoms with van der Waals surface area (Å²) in [6.45, 7) is 2.25. The molecule has 4 heteroatoms. The quantitative estimate of drug-likeness (QED) is 0.403. The van der Waals surface area contributed by atoms with Crippen LogP contribution in [0.4, 0.5) is 0 Å². The zero-order valence-electron chi connectivity index (χ0n) is 15.0. The molecule has 0 unspecified atom stereocenters. The molecular formula is C20H33NO3. The molecular weight excluding hydrogens is 302 g/mol. The van der Waals surface area contributed by atoms with Crippen LogP contribution in [0.2, 0.25) is 0 Å². The lowest BCUT2D eigenvalue weighted by Gasteiger charge is -2.28. The van der Waals surface area contributed by atoms with Gasteiger partial charge in [-0.25, -0.2) is 0 Å². The van der Waals surface area contributed by atoms with Gasteiger partial charge in [0.1, 0.15) is 0 Å². The van der Waals surface area contributed by atoms with E-state index >= 15 is 0 Å². The Bertz CT molecular complexity index is 433. The molecule has 2 N–H and O–H groups in total. The number of rotatable bonds is 12. The Morgan fingerprint density at radius 1 is 1.17 bits per heavy atom. The Balaban J connectivity index is 1.72. The van der Waals surface area contributed by atoms with Gasteiger partial charge in [-0.05, 0) is 44.4 Å². The second-order valence-electron chi connectivity index (χ2n) is 7.13. The van der Waals surface area contributed by atoms with E-state index < -0.39 is 5.97 Å². The summed E-state index contributed by atoms with van der Waals surface area (Å²) in [6, 6.07) is 0.465. The minimum absolute atomic E-state index is 0.259. The molecule has 1 aliphatic heterocycles. The predicted octanol–water partition coefficient (Wildman–Crippen LogP) is 4.62. The number of fused-ring (bicyclic) bond motifs is 2. The fourth-order valence-electron chi connectivity index (χ4n) is 3.84. The SMILES string of the molecule is CCCCCC/C=C/[C@H]1[C@H](C/C=C\CCCC(=O)O)[C@@H]2C[C@H]1NO2. The number of carboxylic acid groups (broad SMARTS) is 1. The zero-order valence-corrected chi connectivity index (χ0v) is 15.0. The van der Waals surface area contributed by atoms with Crippen LogP contribution in [0.5, 0.6) is 0 Å². The lowest BCUT2D eigenvalue weighted by molar-refractivity contribution is -0.137. The van der Waals surface area contributed by atoms with E-state index in [1.165, 1.54) is 32.1 Å². The summed E-state index contributed by atoms with van der Waals surface area (Å²) in [5, 5.41) is 8.64. The maximum atomic E-state index is 10.5. The molecule has 2 aliphatic rings. The van der Waals surface area contributed by atoms with E-state index in [1.807, 2.05) is 0 Å². The van der Waals surface area contributed by atoms with Gasteiger partial charge in [0.25, 0.3) is 0 Å². The van der Waals surface area contributed by atoms with Crippen LogP contribution in [0.25, 0.3) is 0 Å². The number of aliphatic carboxylic acids is 1. The molecule has 0 spiro atoms. The van der Waals surface area contributed by atoms with Crippen LogP contribution in [0.15, 0.2) is 24.3 Å². The lowest BCUT2D eigenvalue weighted by Crippen LogP contribution is -2.37. The first-order chi connectivity index (χ1) is 11.7. The van der Waals surface area contributed by atoms with Crippen molar-refractivity contribution in [3.63, 3.8) is 0 Å². The molecule has 2 bridgehead atoms. The Morgan fingerprint density at radius 2 is 2.00 bits per heavy atom. The van der Waals surface area contributed by atoms with Crippen molar-refractivity contribution in [1.82, 2.24) is 5.48 Å². The van der Waals surface area contributed by atoms with E-state index in [2.05, 4.69) is 36.7 Å². The molecule has 0 aromatic heterocycles. The van der Waals surface area contributed by atoms with Crippen molar-refractivity contribution in [2.45, 2.75) is 83.3 Å². The number of nitrogens with one attached hydrogen (secondary N) is 1. The van der Waals surface area contributed by atoms with Gasteiger partial charge in [0.15, 0.2) is 0 Å². The molecule has 0 amide bonds. The third kappa shape index (κ3) is 6.06. The maximum absolute atomic E-state index is 10.5. The second-order valence-corrected chi connectivity index (χ2v) is 7.13. The number of carbonyl (C=O) groups is 1. The first-order valence-corrected chi connectivity index (χ1v) is 9.67. The molecule has 24 heavy (non-hydrogen) atoms. The molecule has 2 fully saturated rings. The fraction of sp³-hybridized carbons (Fsp3) is 0.750. The van der Waals surface area contributed by atoms with Gasteiger partial charge >= 0.3 is 5.97 Å². The zero-order chi connectivity index (χ0) is 17.2. The van der Waals surface area contributed by atoms with Crippen molar-refractivity contribution in [3.05, 3.63) is 24.3 Å². The van der Waals surface area contributed by atoms with Crippen molar-refractivity contribution in [3.8, 4) is 0 Å². The summed E-state index contributed by atoms with van der Waals surface area (Å²) < 4.78 is 0. The van der Waals surface area contributed by atoms with Gasteiger partial charge in [0, 0.05) is 18.4 Å². The smallest absolute Gasteiger partial charge is 0.303 e. The average Bonchev–Trinajstić information content (AvgIpc) is 3.15. The van der Waals surface area contributed by atoms with Crippen molar-refractivity contribution in [2.75, 3.05) is 0 Å². The molecule has 136 valence electrons. The Hall–Kier alpha value is -1.13. The standard InChI is InChI=1S/C20H33NO3/c1-2-3-4-5-6-9-12-16-17(19-15-18(16)21-24-19)13-10-7-8-11-14-20(22)23/h7,9-10,12,16-19,21H,2-6,8,11,13-15H2,1H3,(H,22,23)/b10-7-,12-9+/t16-,17-,18+,19-/m0/s1. The first-order valence-electron chi connectivity index (χ1n) is 9.67. The van der Waals surface area contributed by atoms with Crippen LogP contribution >= 0.6 is 0 Å². The number of unbranched alkanes of at least 4 members (excludes halogenated alkanes) is 5. The second kappa shape index (κ2) is 10.7. The minimum atomic E-state index is -0.708. The number of hydrogen-bond acceptors (Lipinski definition) is 3. The fourth-order valence-corrected chi connectivity index (χ4v) is 3.84. The maximum Gasteiger partial charge on any atom is 0.303 e. The third-order valence-corrected chi connectivity index (χ3v) is 5.21. The molecule has 0 aromatic carbocycles. The highest BCUT2D eigenvalue weighted by Gasteiger charge is 2.47. The Labute approximate surface area is 146 Å². The summed E-state index contributed by atoms with van der Waals surface area (Å²) in [6.07, 6.45) is 19.9. The summed E-state index contributed by atoms with van der Waals surface area (Å²) in [7, 11) is 0. The van der Waals surface area contributed by atoms with Crippen LogP contribution in [0, 0.1) is 11.8 Å². The predicted molar refractivity (Wildman–Crippen MR) is 96.5 cm³/mol. The molecule has 1 saturated carbocycles. The van der Waals surface area contributed by atoms with Gasteiger partial charge in [-0.2, -0.15) is 5.48 Å². The number of carboxylic acids is 1. The number of allylic oxidation sites excluding steroid dienone is 3. The summed E-state index contributed by atoms with van der Waals surface area (Å²) in [5.74, 6) is 0.414. The Morgan fingerprint density at radius 3 is 2.79 bits per heavy atom. The third-order valence-electron chi connectivity index (χ3n) is 5.21. The highest BCUT2D eigenvalue weighted by atomic mass is 16.7. The van der Waals surface area contributed by atoms with Gasteiger partial charge in [0.2, 0.25) is 0 Å². The van der Waals surface area contributed by atoms with Gasteiger partial charge in [-0.1, -0.05) is 50.5 Å². The van der Waals surface area contributed by atoms with Crippen LogP contribution in [-0.4, -0.2) is 23.2 Å². The van der Waals surface area contributed by atoms with E-state index in [4.69, 9.17) is 9.94 Å². The molecule has 0 radical (unpaired) electrons. The van der Waals surface area contributed by atoms with E-state index in [9.17, 15) is 4.79 Å². The monoisotopic (exact) mass is 335 g/mol. The molecule has 4 nitrogen and oxygen atoms in total. The highest BCUT2D eigenvalue weighted by molar-refractivity contribution is 5.66. The molecule has 2 rings (SSSR count). The molecule has 1 heterocycles. The summed E-state index contributed by atoms with van der Waals surface area (Å²) >= 11 is 0. The molecule has 0 aromatic rings. The average molecular weight is 335 g/mol. The van der Waals surface area contributed by atoms with Crippen LogP contribution in [0.1, 0.15) is 71.1 Å². The topological polar surface area (TPSA) is 58.6 Å². The van der Waals surface area contributed by atoms with Gasteiger partial charge in [-0.3, -0.25) is 9.63 Å². The van der Waals surface area contributed by atoms with E-state index in [0.717, 1.165) is 25.7 Å². The lowest BCUT2D eigenvalue weighted by atomic mass is 9.88. The number of hydroxylamine groups is 1. The summed E-state index contributed by atoms with van der Waals surface area (Å²) in [5.41, 5.74) is 3.18. The van der Waals surface area contributed by atoms with E-state index in [1.54, 1.807) is 0 Å².